The van der Waals surface area contributed by atoms with Gasteiger partial charge in [0.1, 0.15) is 5.76 Å². The molecule has 19 heavy (non-hydrogen) atoms. The molecule has 0 atom stereocenters. The van der Waals surface area contributed by atoms with Crippen LogP contribution in [-0.2, 0) is 6.42 Å². The lowest BCUT2D eigenvalue weighted by Gasteiger charge is -2.07. The summed E-state index contributed by atoms with van der Waals surface area (Å²) in [5.41, 5.74) is 0.865. The Kier molecular flexibility index (Phi) is 4.02. The molecule has 2 aromatic rings. The zero-order valence-electron chi connectivity index (χ0n) is 10.0. The number of furan rings is 1. The molecule has 2 rings (SSSR count). The number of aromatic hydroxyl groups is 1. The maximum absolute atomic E-state index is 12.0. The number of rotatable bonds is 3. The molecule has 0 radical (unpaired) electrons. The number of anilines is 1. The van der Waals surface area contributed by atoms with E-state index in [-0.39, 0.29) is 21.7 Å². The first-order valence-electron chi connectivity index (χ1n) is 5.58. The fourth-order valence-corrected chi connectivity index (χ4v) is 2.14. The first kappa shape index (κ1) is 13.8. The van der Waals surface area contributed by atoms with E-state index >= 15 is 0 Å². The van der Waals surface area contributed by atoms with Crippen LogP contribution in [0.2, 0.25) is 10.0 Å². The standard InChI is InChI=1S/C13H11Cl2NO3/c1-2-11-8(3-4-19-11)13(18)16-7-5-9(14)12(17)10(15)6-7/h3-6,17H,2H2,1H3,(H,16,18). The number of halogens is 2. The summed E-state index contributed by atoms with van der Waals surface area (Å²) in [6.45, 7) is 1.89. The quantitative estimate of drug-likeness (QED) is 0.839. The van der Waals surface area contributed by atoms with E-state index in [9.17, 15) is 9.90 Å². The molecule has 0 aliphatic carbocycles. The third kappa shape index (κ3) is 2.85. The van der Waals surface area contributed by atoms with Gasteiger partial charge in [0.15, 0.2) is 5.75 Å². The van der Waals surface area contributed by atoms with Crippen molar-refractivity contribution < 1.29 is 14.3 Å². The number of hydrogen-bond acceptors (Lipinski definition) is 3. The van der Waals surface area contributed by atoms with E-state index in [1.807, 2.05) is 6.92 Å². The second-order valence-electron chi connectivity index (χ2n) is 3.85. The fraction of sp³-hybridized carbons (Fsp3) is 0.154. The number of benzene rings is 1. The molecule has 100 valence electrons. The molecule has 1 amide bonds. The lowest BCUT2D eigenvalue weighted by molar-refractivity contribution is 0.102. The van der Waals surface area contributed by atoms with Crippen molar-refractivity contribution in [3.8, 4) is 5.75 Å². The molecule has 0 unspecified atom stereocenters. The van der Waals surface area contributed by atoms with Crippen molar-refractivity contribution in [2.45, 2.75) is 13.3 Å². The number of aryl methyl sites for hydroxylation is 1. The van der Waals surface area contributed by atoms with Gasteiger partial charge in [0, 0.05) is 12.1 Å². The molecule has 1 aromatic carbocycles. The average molecular weight is 300 g/mol. The van der Waals surface area contributed by atoms with E-state index in [0.717, 1.165) is 0 Å². The highest BCUT2D eigenvalue weighted by atomic mass is 35.5. The Hall–Kier alpha value is -1.65. The van der Waals surface area contributed by atoms with E-state index in [4.69, 9.17) is 27.6 Å². The zero-order chi connectivity index (χ0) is 14.0. The molecule has 0 spiro atoms. The molecule has 0 aliphatic heterocycles. The van der Waals surface area contributed by atoms with Crippen LogP contribution >= 0.6 is 23.2 Å². The van der Waals surface area contributed by atoms with Gasteiger partial charge in [0.05, 0.1) is 21.9 Å². The molecule has 0 saturated carbocycles. The van der Waals surface area contributed by atoms with Crippen molar-refractivity contribution in [1.82, 2.24) is 0 Å². The van der Waals surface area contributed by atoms with Crippen LogP contribution in [0.5, 0.6) is 5.75 Å². The van der Waals surface area contributed by atoms with Gasteiger partial charge in [-0.3, -0.25) is 4.79 Å². The van der Waals surface area contributed by atoms with Crippen LogP contribution in [0.3, 0.4) is 0 Å². The van der Waals surface area contributed by atoms with Gasteiger partial charge in [0.2, 0.25) is 0 Å². The summed E-state index contributed by atoms with van der Waals surface area (Å²) < 4.78 is 5.19. The predicted octanol–water partition coefficient (Wildman–Crippen LogP) is 4.11. The summed E-state index contributed by atoms with van der Waals surface area (Å²) in [5, 5.41) is 12.2. The van der Waals surface area contributed by atoms with Crippen molar-refractivity contribution in [1.29, 1.82) is 0 Å². The number of phenolic OH excluding ortho intramolecular Hbond substituents is 1. The summed E-state index contributed by atoms with van der Waals surface area (Å²) in [5.74, 6) is 0.0794. The highest BCUT2D eigenvalue weighted by molar-refractivity contribution is 6.37. The molecule has 0 fully saturated rings. The smallest absolute Gasteiger partial charge is 0.259 e. The fourth-order valence-electron chi connectivity index (χ4n) is 1.65. The lowest BCUT2D eigenvalue weighted by atomic mass is 10.2. The molecule has 1 heterocycles. The second-order valence-corrected chi connectivity index (χ2v) is 4.67. The number of carbonyl (C=O) groups excluding carboxylic acids is 1. The lowest BCUT2D eigenvalue weighted by Crippen LogP contribution is -2.12. The molecule has 0 bridgehead atoms. The van der Waals surface area contributed by atoms with Gasteiger partial charge in [0.25, 0.3) is 5.91 Å². The van der Waals surface area contributed by atoms with Crippen LogP contribution < -0.4 is 5.32 Å². The first-order valence-corrected chi connectivity index (χ1v) is 6.34. The van der Waals surface area contributed by atoms with Crippen molar-refractivity contribution >= 4 is 34.8 Å². The van der Waals surface area contributed by atoms with E-state index in [1.165, 1.54) is 18.4 Å². The zero-order valence-corrected chi connectivity index (χ0v) is 11.5. The Morgan fingerprint density at radius 3 is 2.58 bits per heavy atom. The van der Waals surface area contributed by atoms with Gasteiger partial charge in [-0.2, -0.15) is 0 Å². The SMILES string of the molecule is CCc1occc1C(=O)Nc1cc(Cl)c(O)c(Cl)c1. The van der Waals surface area contributed by atoms with Gasteiger partial charge >= 0.3 is 0 Å². The van der Waals surface area contributed by atoms with E-state index in [0.29, 0.717) is 23.4 Å². The van der Waals surface area contributed by atoms with Gasteiger partial charge in [-0.05, 0) is 18.2 Å². The molecule has 6 heteroatoms. The van der Waals surface area contributed by atoms with Gasteiger partial charge < -0.3 is 14.8 Å². The van der Waals surface area contributed by atoms with E-state index in [1.54, 1.807) is 6.07 Å². The number of amides is 1. The molecule has 0 saturated heterocycles. The van der Waals surface area contributed by atoms with Gasteiger partial charge in [-0.1, -0.05) is 30.1 Å². The molecular formula is C13H11Cl2NO3. The summed E-state index contributed by atoms with van der Waals surface area (Å²) in [6.07, 6.45) is 2.08. The Morgan fingerprint density at radius 1 is 1.37 bits per heavy atom. The van der Waals surface area contributed by atoms with Crippen LogP contribution in [0.15, 0.2) is 28.9 Å². The normalized spacial score (nSPS) is 10.5. The van der Waals surface area contributed by atoms with Crippen LogP contribution in [0.25, 0.3) is 0 Å². The number of carbonyl (C=O) groups is 1. The van der Waals surface area contributed by atoms with Crippen molar-refractivity contribution in [3.05, 3.63) is 45.8 Å². The maximum atomic E-state index is 12.0. The van der Waals surface area contributed by atoms with E-state index < -0.39 is 0 Å². The highest BCUT2D eigenvalue weighted by Gasteiger charge is 2.15. The van der Waals surface area contributed by atoms with E-state index in [2.05, 4.69) is 5.32 Å². The van der Waals surface area contributed by atoms with Crippen molar-refractivity contribution in [3.63, 3.8) is 0 Å². The van der Waals surface area contributed by atoms with Crippen molar-refractivity contribution in [2.75, 3.05) is 5.32 Å². The number of hydrogen-bond donors (Lipinski definition) is 2. The predicted molar refractivity (Wildman–Crippen MR) is 74.2 cm³/mol. The molecular weight excluding hydrogens is 289 g/mol. The molecule has 1 aromatic heterocycles. The van der Waals surface area contributed by atoms with Crippen LogP contribution in [-0.4, -0.2) is 11.0 Å². The third-order valence-corrected chi connectivity index (χ3v) is 3.16. The third-order valence-electron chi connectivity index (χ3n) is 2.59. The molecule has 0 aliphatic rings. The van der Waals surface area contributed by atoms with Crippen LogP contribution in [0.4, 0.5) is 5.69 Å². The molecule has 2 N–H and O–H groups in total. The topological polar surface area (TPSA) is 62.5 Å². The minimum Gasteiger partial charge on any atom is -0.505 e. The summed E-state index contributed by atoms with van der Waals surface area (Å²) in [4.78, 5) is 12.0. The Labute approximate surface area is 119 Å². The molecule has 4 nitrogen and oxygen atoms in total. The number of phenols is 1. The highest BCUT2D eigenvalue weighted by Crippen LogP contribution is 2.34. The summed E-state index contributed by atoms with van der Waals surface area (Å²) in [7, 11) is 0. The van der Waals surface area contributed by atoms with Gasteiger partial charge in [-0.15, -0.1) is 0 Å². The Morgan fingerprint density at radius 2 is 2.00 bits per heavy atom. The monoisotopic (exact) mass is 299 g/mol. The largest absolute Gasteiger partial charge is 0.505 e. The maximum Gasteiger partial charge on any atom is 0.259 e. The van der Waals surface area contributed by atoms with Crippen molar-refractivity contribution in [2.24, 2.45) is 0 Å². The van der Waals surface area contributed by atoms with Crippen LogP contribution in [0.1, 0.15) is 23.0 Å². The summed E-state index contributed by atoms with van der Waals surface area (Å²) in [6, 6.07) is 4.44. The van der Waals surface area contributed by atoms with Gasteiger partial charge in [-0.25, -0.2) is 0 Å². The second kappa shape index (κ2) is 5.55. The Balaban J connectivity index is 2.24. The summed E-state index contributed by atoms with van der Waals surface area (Å²) >= 11 is 11.6. The Bertz CT molecular complexity index is 599. The van der Waals surface area contributed by atoms with Crippen LogP contribution in [0, 0.1) is 0 Å². The minimum absolute atomic E-state index is 0.0747. The number of nitrogens with one attached hydrogen (secondary N) is 1. The first-order chi connectivity index (χ1) is 9.02. The minimum atomic E-state index is -0.316. The average Bonchev–Trinajstić information content (AvgIpc) is 2.84.